The maximum atomic E-state index is 12.1. The third kappa shape index (κ3) is 2.46. The quantitative estimate of drug-likeness (QED) is 0.783. The van der Waals surface area contributed by atoms with E-state index in [0.717, 1.165) is 5.39 Å². The van der Waals surface area contributed by atoms with Crippen molar-refractivity contribution in [1.29, 1.82) is 0 Å². The molecule has 0 spiro atoms. The van der Waals surface area contributed by atoms with Crippen molar-refractivity contribution < 1.29 is 4.79 Å². The normalized spacial score (nSPS) is 10.4. The van der Waals surface area contributed by atoms with Crippen LogP contribution in [0.1, 0.15) is 10.5 Å². The summed E-state index contributed by atoms with van der Waals surface area (Å²) in [4.78, 5) is 20.4. The van der Waals surface area contributed by atoms with E-state index in [9.17, 15) is 4.79 Å². The van der Waals surface area contributed by atoms with Gasteiger partial charge in [-0.1, -0.05) is 29.8 Å². The molecule has 20 heavy (non-hydrogen) atoms. The molecule has 0 fully saturated rings. The van der Waals surface area contributed by atoms with Gasteiger partial charge >= 0.3 is 0 Å². The van der Waals surface area contributed by atoms with Crippen molar-refractivity contribution in [3.63, 3.8) is 0 Å². The number of rotatable bonds is 2. The van der Waals surface area contributed by atoms with Crippen LogP contribution in [0.5, 0.6) is 0 Å². The summed E-state index contributed by atoms with van der Waals surface area (Å²) in [6.45, 7) is 0. The standard InChI is InChI=1S/C15H10ClN3O/c16-12-8-14(19-13-6-2-1-5-11(12)13)15(20)18-10-4-3-7-17-9-10/h1-9H,(H,18,20). The minimum atomic E-state index is -0.314. The number of aromatic nitrogens is 2. The zero-order chi connectivity index (χ0) is 13.9. The molecule has 3 aromatic rings. The molecule has 4 nitrogen and oxygen atoms in total. The maximum absolute atomic E-state index is 12.1. The molecule has 2 heterocycles. The van der Waals surface area contributed by atoms with Crippen molar-refractivity contribution in [2.75, 3.05) is 5.32 Å². The number of nitrogens with zero attached hydrogens (tertiary/aromatic N) is 2. The zero-order valence-corrected chi connectivity index (χ0v) is 11.1. The topological polar surface area (TPSA) is 54.9 Å². The van der Waals surface area contributed by atoms with Crippen molar-refractivity contribution in [1.82, 2.24) is 9.97 Å². The molecule has 0 bridgehead atoms. The summed E-state index contributed by atoms with van der Waals surface area (Å²) in [5, 5.41) is 4.06. The van der Waals surface area contributed by atoms with E-state index in [1.165, 1.54) is 0 Å². The molecule has 5 heteroatoms. The van der Waals surface area contributed by atoms with Gasteiger partial charge in [-0.3, -0.25) is 9.78 Å². The first kappa shape index (κ1) is 12.6. The highest BCUT2D eigenvalue weighted by Gasteiger charge is 2.11. The Bertz CT molecular complexity index is 774. The number of anilines is 1. The predicted octanol–water partition coefficient (Wildman–Crippen LogP) is 3.54. The molecule has 3 rings (SSSR count). The summed E-state index contributed by atoms with van der Waals surface area (Å²) in [5.41, 5.74) is 1.58. The number of pyridine rings is 2. The fraction of sp³-hybridized carbons (Fsp3) is 0. The van der Waals surface area contributed by atoms with Gasteiger partial charge in [0, 0.05) is 11.6 Å². The van der Waals surface area contributed by atoms with E-state index in [0.29, 0.717) is 16.2 Å². The van der Waals surface area contributed by atoms with Gasteiger partial charge in [0.1, 0.15) is 5.69 Å². The third-order valence-electron chi connectivity index (χ3n) is 2.82. The molecule has 1 amide bonds. The van der Waals surface area contributed by atoms with E-state index in [4.69, 9.17) is 11.6 Å². The monoisotopic (exact) mass is 283 g/mol. The number of hydrogen-bond acceptors (Lipinski definition) is 3. The lowest BCUT2D eigenvalue weighted by molar-refractivity contribution is 0.102. The summed E-state index contributed by atoms with van der Waals surface area (Å²) in [6, 6.07) is 12.5. The van der Waals surface area contributed by atoms with Crippen molar-refractivity contribution in [3.8, 4) is 0 Å². The lowest BCUT2D eigenvalue weighted by Crippen LogP contribution is -2.13. The molecule has 0 atom stereocenters. The van der Waals surface area contributed by atoms with Gasteiger partial charge in [0.15, 0.2) is 0 Å². The number of carbonyl (C=O) groups excluding carboxylic acids is 1. The van der Waals surface area contributed by atoms with Gasteiger partial charge in [0.25, 0.3) is 5.91 Å². The number of nitrogens with one attached hydrogen (secondary N) is 1. The van der Waals surface area contributed by atoms with E-state index < -0.39 is 0 Å². The molecule has 0 aliphatic heterocycles. The Morgan fingerprint density at radius 3 is 2.80 bits per heavy atom. The minimum absolute atomic E-state index is 0.276. The summed E-state index contributed by atoms with van der Waals surface area (Å²) in [6.07, 6.45) is 3.21. The molecule has 2 aromatic heterocycles. The number of benzene rings is 1. The number of carbonyl (C=O) groups is 1. The molecule has 0 aliphatic carbocycles. The fourth-order valence-electron chi connectivity index (χ4n) is 1.88. The third-order valence-corrected chi connectivity index (χ3v) is 3.13. The van der Waals surface area contributed by atoms with Crippen LogP contribution in [-0.2, 0) is 0 Å². The largest absolute Gasteiger partial charge is 0.319 e. The van der Waals surface area contributed by atoms with Crippen LogP contribution in [0.3, 0.4) is 0 Å². The fourth-order valence-corrected chi connectivity index (χ4v) is 2.14. The van der Waals surface area contributed by atoms with Crippen molar-refractivity contribution >= 4 is 34.1 Å². The molecular formula is C15H10ClN3O. The first-order valence-electron chi connectivity index (χ1n) is 6.01. The average molecular weight is 284 g/mol. The van der Waals surface area contributed by atoms with Crippen LogP contribution >= 0.6 is 11.6 Å². The van der Waals surface area contributed by atoms with Gasteiger partial charge in [0.2, 0.25) is 0 Å². The second-order valence-corrected chi connectivity index (χ2v) is 4.61. The van der Waals surface area contributed by atoms with E-state index in [-0.39, 0.29) is 11.6 Å². The van der Waals surface area contributed by atoms with Crippen molar-refractivity contribution in [2.24, 2.45) is 0 Å². The van der Waals surface area contributed by atoms with Crippen LogP contribution in [0, 0.1) is 0 Å². The lowest BCUT2D eigenvalue weighted by Gasteiger charge is -2.06. The Kier molecular flexibility index (Phi) is 3.31. The Labute approximate surface area is 120 Å². The van der Waals surface area contributed by atoms with E-state index in [1.54, 1.807) is 30.6 Å². The molecule has 1 N–H and O–H groups in total. The molecule has 1 aromatic carbocycles. The number of halogens is 1. The predicted molar refractivity (Wildman–Crippen MR) is 78.9 cm³/mol. The summed E-state index contributed by atoms with van der Waals surface area (Å²) in [5.74, 6) is -0.314. The molecular weight excluding hydrogens is 274 g/mol. The second kappa shape index (κ2) is 5.27. The van der Waals surface area contributed by atoms with Gasteiger partial charge in [-0.15, -0.1) is 0 Å². The average Bonchev–Trinajstić information content (AvgIpc) is 2.48. The second-order valence-electron chi connectivity index (χ2n) is 4.20. The Morgan fingerprint density at radius 2 is 2.00 bits per heavy atom. The molecule has 0 radical (unpaired) electrons. The first-order valence-corrected chi connectivity index (χ1v) is 6.38. The molecule has 0 saturated heterocycles. The highest BCUT2D eigenvalue weighted by atomic mass is 35.5. The zero-order valence-electron chi connectivity index (χ0n) is 10.4. The Morgan fingerprint density at radius 1 is 1.15 bits per heavy atom. The highest BCUT2D eigenvalue weighted by Crippen LogP contribution is 2.23. The molecule has 0 aliphatic rings. The van der Waals surface area contributed by atoms with Crippen LogP contribution in [-0.4, -0.2) is 15.9 Å². The van der Waals surface area contributed by atoms with Gasteiger partial charge in [-0.25, -0.2) is 4.98 Å². The van der Waals surface area contributed by atoms with Gasteiger partial charge in [-0.2, -0.15) is 0 Å². The summed E-state index contributed by atoms with van der Waals surface area (Å²) in [7, 11) is 0. The summed E-state index contributed by atoms with van der Waals surface area (Å²) >= 11 is 6.18. The van der Waals surface area contributed by atoms with Crippen LogP contribution in [0.25, 0.3) is 10.9 Å². The Balaban J connectivity index is 1.96. The number of para-hydroxylation sites is 1. The maximum Gasteiger partial charge on any atom is 0.274 e. The minimum Gasteiger partial charge on any atom is -0.319 e. The van der Waals surface area contributed by atoms with Gasteiger partial charge < -0.3 is 5.32 Å². The lowest BCUT2D eigenvalue weighted by atomic mass is 10.2. The van der Waals surface area contributed by atoms with E-state index >= 15 is 0 Å². The van der Waals surface area contributed by atoms with Crippen LogP contribution in [0.4, 0.5) is 5.69 Å². The number of hydrogen-bond donors (Lipinski definition) is 1. The van der Waals surface area contributed by atoms with E-state index in [2.05, 4.69) is 15.3 Å². The number of fused-ring (bicyclic) bond motifs is 1. The van der Waals surface area contributed by atoms with Crippen LogP contribution in [0.2, 0.25) is 5.02 Å². The number of amides is 1. The van der Waals surface area contributed by atoms with Crippen molar-refractivity contribution in [3.05, 3.63) is 65.6 Å². The first-order chi connectivity index (χ1) is 9.74. The van der Waals surface area contributed by atoms with Crippen molar-refractivity contribution in [2.45, 2.75) is 0 Å². The highest BCUT2D eigenvalue weighted by molar-refractivity contribution is 6.35. The SMILES string of the molecule is O=C(Nc1cccnc1)c1cc(Cl)c2ccccc2n1. The van der Waals surface area contributed by atoms with Crippen LogP contribution < -0.4 is 5.32 Å². The molecule has 98 valence electrons. The smallest absolute Gasteiger partial charge is 0.274 e. The summed E-state index contributed by atoms with van der Waals surface area (Å²) < 4.78 is 0. The van der Waals surface area contributed by atoms with Gasteiger partial charge in [0.05, 0.1) is 22.4 Å². The van der Waals surface area contributed by atoms with Crippen LogP contribution in [0.15, 0.2) is 54.9 Å². The Hall–Kier alpha value is -2.46. The molecule has 0 unspecified atom stereocenters. The van der Waals surface area contributed by atoms with E-state index in [1.807, 2.05) is 24.3 Å². The van der Waals surface area contributed by atoms with Gasteiger partial charge in [-0.05, 0) is 24.3 Å². The molecule has 0 saturated carbocycles.